The van der Waals surface area contributed by atoms with Crippen molar-refractivity contribution in [3.05, 3.63) is 45.7 Å². The molecule has 1 aliphatic carbocycles. The van der Waals surface area contributed by atoms with Crippen LogP contribution >= 0.6 is 15.9 Å². The Morgan fingerprint density at radius 1 is 1.25 bits per heavy atom. The number of carbonyl (C=O) groups excluding carboxylic acids is 1. The normalized spacial score (nSPS) is 13.9. The lowest BCUT2D eigenvalue weighted by Crippen LogP contribution is -2.16. The molecule has 0 aliphatic heterocycles. The molecule has 0 bridgehead atoms. The SMILES string of the molecule is COC(=O)c1cc(C2CC2)cc(NS(=O)(=O)c2cc(Br)c(F)cc2OC)c1O. The zero-order valence-corrected chi connectivity index (χ0v) is 17.4. The first-order valence-electron chi connectivity index (χ1n) is 8.19. The van der Waals surface area contributed by atoms with Crippen LogP contribution in [0.2, 0.25) is 0 Å². The summed E-state index contributed by atoms with van der Waals surface area (Å²) in [5.74, 6) is -2.06. The molecule has 1 fully saturated rings. The summed E-state index contributed by atoms with van der Waals surface area (Å²) >= 11 is 2.95. The minimum Gasteiger partial charge on any atom is -0.505 e. The number of ether oxygens (including phenoxy) is 2. The Kier molecular flexibility index (Phi) is 5.53. The summed E-state index contributed by atoms with van der Waals surface area (Å²) in [4.78, 5) is 11.6. The second-order valence-electron chi connectivity index (χ2n) is 6.25. The molecule has 7 nitrogen and oxygen atoms in total. The van der Waals surface area contributed by atoms with Gasteiger partial charge >= 0.3 is 5.97 Å². The van der Waals surface area contributed by atoms with Crippen molar-refractivity contribution in [3.8, 4) is 11.5 Å². The van der Waals surface area contributed by atoms with Crippen molar-refractivity contribution >= 4 is 37.6 Å². The highest BCUT2D eigenvalue weighted by molar-refractivity contribution is 9.10. The van der Waals surface area contributed by atoms with Crippen molar-refractivity contribution in [1.82, 2.24) is 0 Å². The number of aromatic hydroxyl groups is 1. The quantitative estimate of drug-likeness (QED) is 0.489. The molecule has 1 aliphatic rings. The van der Waals surface area contributed by atoms with Gasteiger partial charge in [-0.2, -0.15) is 0 Å². The molecule has 150 valence electrons. The second kappa shape index (κ2) is 7.59. The number of benzene rings is 2. The van der Waals surface area contributed by atoms with E-state index < -0.39 is 27.6 Å². The zero-order valence-electron chi connectivity index (χ0n) is 15.0. The van der Waals surface area contributed by atoms with Crippen LogP contribution in [-0.4, -0.2) is 33.7 Å². The smallest absolute Gasteiger partial charge is 0.341 e. The minimum absolute atomic E-state index is 0.0696. The van der Waals surface area contributed by atoms with Crippen molar-refractivity contribution in [1.29, 1.82) is 0 Å². The molecule has 10 heteroatoms. The molecular weight excluding hydrogens is 457 g/mol. The van der Waals surface area contributed by atoms with Crippen molar-refractivity contribution in [2.75, 3.05) is 18.9 Å². The Morgan fingerprint density at radius 3 is 2.50 bits per heavy atom. The average molecular weight is 474 g/mol. The van der Waals surface area contributed by atoms with E-state index in [1.807, 2.05) is 0 Å². The van der Waals surface area contributed by atoms with Crippen molar-refractivity contribution in [3.63, 3.8) is 0 Å². The number of esters is 1. The molecule has 0 heterocycles. The molecule has 0 saturated heterocycles. The van der Waals surface area contributed by atoms with E-state index in [2.05, 4.69) is 25.4 Å². The van der Waals surface area contributed by atoms with Crippen LogP contribution in [0.5, 0.6) is 11.5 Å². The van der Waals surface area contributed by atoms with E-state index in [0.29, 0.717) is 5.56 Å². The van der Waals surface area contributed by atoms with Crippen LogP contribution in [0.15, 0.2) is 33.6 Å². The summed E-state index contributed by atoms with van der Waals surface area (Å²) in [5, 5.41) is 10.4. The number of methoxy groups -OCH3 is 2. The fourth-order valence-electron chi connectivity index (χ4n) is 2.73. The molecule has 28 heavy (non-hydrogen) atoms. The van der Waals surface area contributed by atoms with Gasteiger partial charge in [0.25, 0.3) is 10.0 Å². The second-order valence-corrected chi connectivity index (χ2v) is 8.76. The van der Waals surface area contributed by atoms with Crippen molar-refractivity contribution in [2.24, 2.45) is 0 Å². The Labute approximate surface area is 169 Å². The summed E-state index contributed by atoms with van der Waals surface area (Å²) < 4.78 is 51.3. The first-order chi connectivity index (χ1) is 13.2. The van der Waals surface area contributed by atoms with Gasteiger partial charge in [-0.25, -0.2) is 17.6 Å². The molecule has 2 N–H and O–H groups in total. The van der Waals surface area contributed by atoms with E-state index in [9.17, 15) is 22.7 Å². The van der Waals surface area contributed by atoms with Gasteiger partial charge in [-0.05, 0) is 58.5 Å². The van der Waals surface area contributed by atoms with E-state index in [1.165, 1.54) is 19.2 Å². The molecule has 2 aromatic rings. The summed E-state index contributed by atoms with van der Waals surface area (Å²) in [6.45, 7) is 0. The van der Waals surface area contributed by atoms with Gasteiger partial charge in [0.15, 0.2) is 5.75 Å². The zero-order chi connectivity index (χ0) is 20.6. The molecule has 1 saturated carbocycles. The third-order valence-corrected chi connectivity index (χ3v) is 6.32. The van der Waals surface area contributed by atoms with E-state index in [0.717, 1.165) is 32.1 Å². The van der Waals surface area contributed by atoms with Gasteiger partial charge in [0, 0.05) is 6.07 Å². The van der Waals surface area contributed by atoms with Gasteiger partial charge in [-0.1, -0.05) is 0 Å². The predicted octanol–water partition coefficient (Wildman–Crippen LogP) is 3.77. The van der Waals surface area contributed by atoms with Gasteiger partial charge in [-0.15, -0.1) is 0 Å². The number of nitrogens with one attached hydrogen (secondary N) is 1. The molecule has 3 rings (SSSR count). The third-order valence-electron chi connectivity index (χ3n) is 4.33. The highest BCUT2D eigenvalue weighted by atomic mass is 79.9. The monoisotopic (exact) mass is 473 g/mol. The highest BCUT2D eigenvalue weighted by Gasteiger charge is 2.29. The fourth-order valence-corrected chi connectivity index (χ4v) is 4.46. The highest BCUT2D eigenvalue weighted by Crippen LogP contribution is 2.44. The van der Waals surface area contributed by atoms with Crippen LogP contribution in [0.25, 0.3) is 0 Å². The van der Waals surface area contributed by atoms with E-state index in [-0.39, 0.29) is 32.3 Å². The molecule has 0 spiro atoms. The molecule has 0 radical (unpaired) electrons. The van der Waals surface area contributed by atoms with E-state index in [4.69, 9.17) is 4.74 Å². The van der Waals surface area contributed by atoms with Crippen LogP contribution in [0, 0.1) is 5.82 Å². The Hall–Kier alpha value is -2.33. The maximum atomic E-state index is 13.7. The van der Waals surface area contributed by atoms with Crippen LogP contribution in [0.1, 0.15) is 34.7 Å². The van der Waals surface area contributed by atoms with Gasteiger partial charge in [-0.3, -0.25) is 4.72 Å². The Balaban J connectivity index is 2.09. The standard InChI is InChI=1S/C18H17BrFNO6S/c1-26-15-8-13(20)12(19)7-16(15)28(24,25)21-14-6-10(9-3-4-9)5-11(17(14)22)18(23)27-2/h5-9,21-22H,3-4H2,1-2H3. The lowest BCUT2D eigenvalue weighted by molar-refractivity contribution is 0.0597. The maximum absolute atomic E-state index is 13.7. The first-order valence-corrected chi connectivity index (χ1v) is 10.5. The van der Waals surface area contributed by atoms with E-state index in [1.54, 1.807) is 0 Å². The van der Waals surface area contributed by atoms with Gasteiger partial charge in [0.05, 0.1) is 24.4 Å². The van der Waals surface area contributed by atoms with Crippen LogP contribution < -0.4 is 9.46 Å². The minimum atomic E-state index is -4.27. The maximum Gasteiger partial charge on any atom is 0.341 e. The lowest BCUT2D eigenvalue weighted by Gasteiger charge is -2.16. The predicted molar refractivity (Wildman–Crippen MR) is 103 cm³/mol. The van der Waals surface area contributed by atoms with Crippen molar-refractivity contribution < 1.29 is 32.2 Å². The number of hydrogen-bond donors (Lipinski definition) is 2. The summed E-state index contributed by atoms with van der Waals surface area (Å²) in [6.07, 6.45) is 1.80. The number of anilines is 1. The molecule has 0 amide bonds. The lowest BCUT2D eigenvalue weighted by atomic mass is 10.0. The van der Waals surface area contributed by atoms with Crippen molar-refractivity contribution in [2.45, 2.75) is 23.7 Å². The van der Waals surface area contributed by atoms with Gasteiger partial charge in [0.2, 0.25) is 0 Å². The molecular formula is C18H17BrFNO6S. The molecule has 2 aromatic carbocycles. The number of rotatable bonds is 6. The average Bonchev–Trinajstić information content (AvgIpc) is 3.49. The summed E-state index contributed by atoms with van der Waals surface area (Å²) in [5.41, 5.74) is 0.396. The number of halogens is 2. The Morgan fingerprint density at radius 2 is 1.93 bits per heavy atom. The summed E-state index contributed by atoms with van der Waals surface area (Å²) in [6, 6.07) is 4.95. The topological polar surface area (TPSA) is 102 Å². The first kappa shape index (κ1) is 20.4. The largest absolute Gasteiger partial charge is 0.505 e. The number of hydrogen-bond acceptors (Lipinski definition) is 6. The number of phenolic OH excluding ortho intramolecular Hbond substituents is 1. The third kappa shape index (κ3) is 3.93. The van der Waals surface area contributed by atoms with E-state index >= 15 is 0 Å². The van der Waals surface area contributed by atoms with Gasteiger partial charge in [0.1, 0.15) is 22.0 Å². The van der Waals surface area contributed by atoms with Gasteiger partial charge < -0.3 is 14.6 Å². The van der Waals surface area contributed by atoms with Crippen LogP contribution in [-0.2, 0) is 14.8 Å². The fraction of sp³-hybridized carbons (Fsp3) is 0.278. The number of sulfonamides is 1. The number of phenols is 1. The van der Waals surface area contributed by atoms with Crippen LogP contribution in [0.3, 0.4) is 0 Å². The number of carbonyl (C=O) groups is 1. The van der Waals surface area contributed by atoms with Crippen LogP contribution in [0.4, 0.5) is 10.1 Å². The molecule has 0 aromatic heterocycles. The molecule has 0 unspecified atom stereocenters. The Bertz CT molecular complexity index is 1050. The molecule has 0 atom stereocenters. The summed E-state index contributed by atoms with van der Waals surface area (Å²) in [7, 11) is -1.90.